The minimum Gasteiger partial charge on any atom is -0.375 e. The van der Waals surface area contributed by atoms with E-state index in [0.717, 1.165) is 68.5 Å². The van der Waals surface area contributed by atoms with Crippen molar-refractivity contribution in [2.24, 2.45) is 23.7 Å². The number of allylic oxidation sites excluding steroid dienone is 2. The van der Waals surface area contributed by atoms with Gasteiger partial charge in [-0.05, 0) is 324 Å². The lowest BCUT2D eigenvalue weighted by Gasteiger charge is -2.34. The van der Waals surface area contributed by atoms with Gasteiger partial charge in [0, 0.05) is 164 Å². The van der Waals surface area contributed by atoms with Crippen molar-refractivity contribution < 1.29 is 0 Å². The molecule has 0 amide bonds. The summed E-state index contributed by atoms with van der Waals surface area (Å²) in [5.74, 6) is 3.35. The molecule has 2 atom stereocenters. The smallest absolute Gasteiger partial charge is 0.0227 e. The molecule has 98 heavy (non-hydrogen) atoms. The predicted molar refractivity (Wildman–Crippen MR) is 438 cm³/mol. The third kappa shape index (κ3) is 42.1. The van der Waals surface area contributed by atoms with Crippen LogP contribution < -0.4 is 0 Å². The highest BCUT2D eigenvalue weighted by atomic mass is 15.2. The normalized spacial score (nSPS) is 23.9. The van der Waals surface area contributed by atoms with Crippen LogP contribution in [0.3, 0.4) is 0 Å². The van der Waals surface area contributed by atoms with Crippen LogP contribution in [-0.4, -0.2) is 256 Å². The van der Waals surface area contributed by atoms with Gasteiger partial charge in [-0.3, -0.25) is 24.5 Å². The van der Waals surface area contributed by atoms with Crippen molar-refractivity contribution in [3.63, 3.8) is 0 Å². The molecular formula is C86H172N12. The van der Waals surface area contributed by atoms with Crippen LogP contribution in [0.2, 0.25) is 0 Å². The average Bonchev–Trinajstić information content (AvgIpc) is 1.39. The minimum absolute atomic E-state index is 0.636. The number of hydrogen-bond acceptors (Lipinski definition) is 12. The van der Waals surface area contributed by atoms with E-state index in [1.807, 2.05) is 0 Å². The Kier molecular flexibility index (Phi) is 51.2. The van der Waals surface area contributed by atoms with E-state index in [-0.39, 0.29) is 0 Å². The molecule has 0 N–H and O–H groups in total. The molecule has 0 bridgehead atoms. The van der Waals surface area contributed by atoms with E-state index in [2.05, 4.69) is 326 Å². The van der Waals surface area contributed by atoms with E-state index in [4.69, 9.17) is 0 Å². The zero-order chi connectivity index (χ0) is 73.9. The van der Waals surface area contributed by atoms with E-state index in [1.54, 1.807) is 0 Å². The molecule has 0 spiro atoms. The van der Waals surface area contributed by atoms with Crippen LogP contribution in [0.1, 0.15) is 264 Å². The lowest BCUT2D eigenvalue weighted by molar-refractivity contribution is 0.139. The van der Waals surface area contributed by atoms with Crippen LogP contribution in [0, 0.1) is 23.7 Å². The summed E-state index contributed by atoms with van der Waals surface area (Å²) >= 11 is 0. The molecule has 7 aliphatic rings. The van der Waals surface area contributed by atoms with E-state index < -0.39 is 0 Å². The zero-order valence-electron chi connectivity index (χ0n) is 70.7. The van der Waals surface area contributed by atoms with Gasteiger partial charge < -0.3 is 34.3 Å². The summed E-state index contributed by atoms with van der Waals surface area (Å²) in [7, 11) is 0. The molecule has 1 fully saturated rings. The molecule has 0 radical (unpaired) electrons. The van der Waals surface area contributed by atoms with Gasteiger partial charge in [-0.1, -0.05) is 70.2 Å². The fourth-order valence-electron chi connectivity index (χ4n) is 13.8. The molecule has 1 saturated heterocycles. The molecule has 12 heteroatoms. The Balaban J connectivity index is 0.000000572. The van der Waals surface area contributed by atoms with Crippen LogP contribution in [-0.2, 0) is 0 Å². The molecule has 12 nitrogen and oxygen atoms in total. The highest BCUT2D eigenvalue weighted by molar-refractivity contribution is 4.96. The number of hydrogen-bond donors (Lipinski definition) is 0. The third-order valence-corrected chi connectivity index (χ3v) is 21.4. The first-order valence-corrected chi connectivity index (χ1v) is 41.2. The minimum atomic E-state index is 0.636. The molecule has 576 valence electrons. The van der Waals surface area contributed by atoms with Gasteiger partial charge in [-0.2, -0.15) is 0 Å². The summed E-state index contributed by atoms with van der Waals surface area (Å²) in [5.41, 5.74) is 0. The van der Waals surface area contributed by atoms with Crippen LogP contribution in [0.15, 0.2) is 73.5 Å². The average molecular weight is 1370 g/mol. The van der Waals surface area contributed by atoms with E-state index >= 15 is 0 Å². The maximum atomic E-state index is 2.61. The first-order chi connectivity index (χ1) is 46.3. The van der Waals surface area contributed by atoms with Crippen molar-refractivity contribution in [3.8, 4) is 0 Å². The van der Waals surface area contributed by atoms with Crippen molar-refractivity contribution in [1.29, 1.82) is 0 Å². The molecule has 7 aliphatic heterocycles. The van der Waals surface area contributed by atoms with Gasteiger partial charge in [0.15, 0.2) is 0 Å². The monoisotopic (exact) mass is 1370 g/mol. The Morgan fingerprint density at radius 3 is 0.694 bits per heavy atom. The highest BCUT2D eigenvalue weighted by Gasteiger charge is 2.21. The number of nitrogens with zero attached hydrogens (tertiary/aromatic N) is 12. The Hall–Kier alpha value is -2.84. The molecular weight excluding hydrogens is 1200 g/mol. The van der Waals surface area contributed by atoms with Crippen molar-refractivity contribution >= 4 is 0 Å². The fourth-order valence-corrected chi connectivity index (χ4v) is 13.8. The van der Waals surface area contributed by atoms with Crippen LogP contribution >= 0.6 is 0 Å². The summed E-state index contributed by atoms with van der Waals surface area (Å²) in [4.78, 5) is 30.0. The van der Waals surface area contributed by atoms with Gasteiger partial charge in [0.1, 0.15) is 0 Å². The second-order valence-electron chi connectivity index (χ2n) is 33.8. The van der Waals surface area contributed by atoms with E-state index in [0.29, 0.717) is 60.4 Å². The SMILES string of the molecule is CC(C)C1/C=C\CN(C(C)C)CCC1.CC(C)C1C/C=C\N(C(C)C)CCC1.CC(C)N1/C=C\CN(C(C)C)CCC1.CC(C)N1/C=C\CN(C(C)C)CCC1.CC(C)N1/C=C\CN(C(C)C)CCC1.CC(C)N1/C=C\CN(C(C)C)CCC1.CC(C)N1CCCN(C(C)C)CCC1. The van der Waals surface area contributed by atoms with Gasteiger partial charge in [0.2, 0.25) is 0 Å². The van der Waals surface area contributed by atoms with Gasteiger partial charge in [-0.15, -0.1) is 0 Å². The molecule has 0 aromatic rings. The Morgan fingerprint density at radius 2 is 0.439 bits per heavy atom. The summed E-state index contributed by atoms with van der Waals surface area (Å²) in [6, 6.07) is 8.02. The first-order valence-electron chi connectivity index (χ1n) is 41.2. The van der Waals surface area contributed by atoms with E-state index in [1.165, 1.54) is 162 Å². The van der Waals surface area contributed by atoms with Crippen molar-refractivity contribution in [2.75, 3.05) is 124 Å². The van der Waals surface area contributed by atoms with Gasteiger partial charge >= 0.3 is 0 Å². The highest BCUT2D eigenvalue weighted by Crippen LogP contribution is 2.25. The molecule has 2 unspecified atom stereocenters. The molecule has 0 aliphatic carbocycles. The Morgan fingerprint density at radius 1 is 0.214 bits per heavy atom. The van der Waals surface area contributed by atoms with Crippen LogP contribution in [0.4, 0.5) is 0 Å². The summed E-state index contributed by atoms with van der Waals surface area (Å²) in [6.45, 7) is 86.8. The number of rotatable bonds is 14. The van der Waals surface area contributed by atoms with Gasteiger partial charge in [-0.25, -0.2) is 0 Å². The van der Waals surface area contributed by atoms with Crippen molar-refractivity contribution in [1.82, 2.24) is 58.8 Å². The fraction of sp³-hybridized carbons (Fsp3) is 0.860. The molecule has 7 rings (SSSR count). The van der Waals surface area contributed by atoms with Crippen molar-refractivity contribution in [3.05, 3.63) is 73.5 Å². The lowest BCUT2D eigenvalue weighted by atomic mass is 9.87. The van der Waals surface area contributed by atoms with E-state index in [9.17, 15) is 0 Å². The Labute approximate surface area is 614 Å². The molecule has 7 heterocycles. The van der Waals surface area contributed by atoms with Crippen LogP contribution in [0.25, 0.3) is 0 Å². The third-order valence-electron chi connectivity index (χ3n) is 21.4. The molecule has 0 saturated carbocycles. The van der Waals surface area contributed by atoms with Gasteiger partial charge in [0.25, 0.3) is 0 Å². The standard InChI is InChI=1S/2C13H25N.C12H26N2.4C12H24N2/c7*1-11(2)13-7-5-9-14(12(3)4)10-6-8-13/h5,9,11-13H,6-8,10H2,1-4H3;5,7,11-13H,6,8-10H2,1-4H3;11-12H,5-10H2,1-4H3;4*5,7,11-12H,6,8-10H2,1-4H3/b9-5-;7-5-;;4*7-5-. The Bertz CT molecular complexity index is 1710. The largest absolute Gasteiger partial charge is 0.375 e. The second-order valence-corrected chi connectivity index (χ2v) is 33.8. The first kappa shape index (κ1) is 93.2. The topological polar surface area (TPSA) is 38.9 Å². The summed E-state index contributed by atoms with van der Waals surface area (Å²) in [6.07, 6.45) is 42.2. The maximum absolute atomic E-state index is 2.61. The molecule has 0 aromatic heterocycles. The second kappa shape index (κ2) is 53.9. The lowest BCUT2D eigenvalue weighted by Crippen LogP contribution is -2.41. The van der Waals surface area contributed by atoms with Gasteiger partial charge in [0.05, 0.1) is 0 Å². The van der Waals surface area contributed by atoms with Crippen LogP contribution in [0.5, 0.6) is 0 Å². The molecule has 0 aromatic carbocycles. The quantitative estimate of drug-likeness (QED) is 0.156. The maximum Gasteiger partial charge on any atom is 0.0227 e. The van der Waals surface area contributed by atoms with Crippen molar-refractivity contribution in [2.45, 2.75) is 337 Å². The summed E-state index contributed by atoms with van der Waals surface area (Å²) < 4.78 is 0. The summed E-state index contributed by atoms with van der Waals surface area (Å²) in [5, 5.41) is 0. The predicted octanol–water partition coefficient (Wildman–Crippen LogP) is 18.5. The zero-order valence-corrected chi connectivity index (χ0v) is 70.7.